The molecule has 0 aromatic carbocycles. The molecule has 2 aromatic rings. The molecule has 21 heavy (non-hydrogen) atoms. The standard InChI is InChI=1S/C14H19ClN4OS/c1-3-9-14(15)11(19(4-2)18-9)7-12(20)10-8-21-13(17-10)5-6-16/h8H,3-7,16H2,1-2H3. The van der Waals surface area contributed by atoms with E-state index in [0.717, 1.165) is 22.8 Å². The number of aromatic nitrogens is 3. The Kier molecular flexibility index (Phi) is 5.50. The van der Waals surface area contributed by atoms with Gasteiger partial charge in [-0.25, -0.2) is 4.98 Å². The molecule has 0 amide bonds. The second kappa shape index (κ2) is 7.15. The fourth-order valence-electron chi connectivity index (χ4n) is 2.11. The van der Waals surface area contributed by atoms with Crippen LogP contribution in [0.1, 0.15) is 40.7 Å². The highest BCUT2D eigenvalue weighted by molar-refractivity contribution is 7.09. The van der Waals surface area contributed by atoms with Gasteiger partial charge in [0.1, 0.15) is 5.69 Å². The summed E-state index contributed by atoms with van der Waals surface area (Å²) in [5, 5.41) is 7.71. The van der Waals surface area contributed by atoms with Crippen LogP contribution in [0.2, 0.25) is 5.02 Å². The molecule has 2 aromatic heterocycles. The minimum absolute atomic E-state index is 0.0336. The Hall–Kier alpha value is -1.24. The van der Waals surface area contributed by atoms with Gasteiger partial charge in [0.15, 0.2) is 5.78 Å². The van der Waals surface area contributed by atoms with Gasteiger partial charge in [0, 0.05) is 18.3 Å². The van der Waals surface area contributed by atoms with Gasteiger partial charge in [0.05, 0.1) is 27.8 Å². The number of aryl methyl sites for hydroxylation is 2. The number of hydrogen-bond acceptors (Lipinski definition) is 5. The lowest BCUT2D eigenvalue weighted by molar-refractivity contribution is 0.0986. The van der Waals surface area contributed by atoms with Crippen molar-refractivity contribution in [2.24, 2.45) is 5.73 Å². The quantitative estimate of drug-likeness (QED) is 0.793. The predicted molar refractivity (Wildman–Crippen MR) is 85.2 cm³/mol. The van der Waals surface area contributed by atoms with Gasteiger partial charge >= 0.3 is 0 Å². The third-order valence-electron chi connectivity index (χ3n) is 3.22. The van der Waals surface area contributed by atoms with Crippen LogP contribution in [0.25, 0.3) is 0 Å². The molecule has 0 bridgehead atoms. The van der Waals surface area contributed by atoms with E-state index in [2.05, 4.69) is 10.1 Å². The molecule has 0 unspecified atom stereocenters. The number of Topliss-reactive ketones (excluding diaryl/α,β-unsaturated/α-hetero) is 1. The van der Waals surface area contributed by atoms with Gasteiger partial charge in [-0.15, -0.1) is 11.3 Å². The number of thiazole rings is 1. The van der Waals surface area contributed by atoms with Crippen molar-refractivity contribution < 1.29 is 4.79 Å². The summed E-state index contributed by atoms with van der Waals surface area (Å²) >= 11 is 7.79. The summed E-state index contributed by atoms with van der Waals surface area (Å²) < 4.78 is 1.80. The number of carbonyl (C=O) groups excluding carboxylic acids is 1. The third kappa shape index (κ3) is 3.51. The number of halogens is 1. The van der Waals surface area contributed by atoms with E-state index in [1.54, 1.807) is 10.1 Å². The highest BCUT2D eigenvalue weighted by Crippen LogP contribution is 2.23. The summed E-state index contributed by atoms with van der Waals surface area (Å²) in [7, 11) is 0. The molecule has 0 aliphatic heterocycles. The Morgan fingerprint density at radius 1 is 1.48 bits per heavy atom. The zero-order valence-corrected chi connectivity index (χ0v) is 13.8. The molecule has 0 fully saturated rings. The van der Waals surface area contributed by atoms with Gasteiger partial charge in [-0.3, -0.25) is 9.48 Å². The highest BCUT2D eigenvalue weighted by Gasteiger charge is 2.19. The molecule has 0 spiro atoms. The van der Waals surface area contributed by atoms with Crippen LogP contribution < -0.4 is 5.73 Å². The second-order valence-corrected chi connectivity index (χ2v) is 5.96. The second-order valence-electron chi connectivity index (χ2n) is 4.64. The zero-order valence-electron chi connectivity index (χ0n) is 12.2. The van der Waals surface area contributed by atoms with Gasteiger partial charge in [-0.05, 0) is 19.9 Å². The summed E-state index contributed by atoms with van der Waals surface area (Å²) in [5.41, 5.74) is 7.59. The normalized spacial score (nSPS) is 11.0. The number of ketones is 1. The van der Waals surface area contributed by atoms with E-state index in [4.69, 9.17) is 17.3 Å². The predicted octanol–water partition coefficient (Wildman–Crippen LogP) is 2.50. The van der Waals surface area contributed by atoms with Crippen LogP contribution in [0.3, 0.4) is 0 Å². The van der Waals surface area contributed by atoms with Gasteiger partial charge < -0.3 is 5.73 Å². The van der Waals surface area contributed by atoms with E-state index >= 15 is 0 Å². The number of rotatable bonds is 7. The van der Waals surface area contributed by atoms with Gasteiger partial charge in [0.2, 0.25) is 0 Å². The van der Waals surface area contributed by atoms with E-state index in [9.17, 15) is 4.79 Å². The fourth-order valence-corrected chi connectivity index (χ4v) is 3.26. The smallest absolute Gasteiger partial charge is 0.188 e. The molecule has 7 heteroatoms. The molecular weight excluding hydrogens is 308 g/mol. The van der Waals surface area contributed by atoms with Crippen LogP contribution in [-0.2, 0) is 25.8 Å². The highest BCUT2D eigenvalue weighted by atomic mass is 35.5. The molecule has 2 N–H and O–H groups in total. The van der Waals surface area contributed by atoms with Crippen LogP contribution in [0.15, 0.2) is 5.38 Å². The Morgan fingerprint density at radius 2 is 2.24 bits per heavy atom. The van der Waals surface area contributed by atoms with Crippen molar-refractivity contribution >= 4 is 28.7 Å². The molecule has 0 saturated heterocycles. The van der Waals surface area contributed by atoms with Crippen molar-refractivity contribution in [3.8, 4) is 0 Å². The van der Waals surface area contributed by atoms with Crippen LogP contribution in [0, 0.1) is 0 Å². The van der Waals surface area contributed by atoms with Crippen molar-refractivity contribution in [2.75, 3.05) is 6.54 Å². The van der Waals surface area contributed by atoms with E-state index in [0.29, 0.717) is 30.2 Å². The molecule has 2 rings (SSSR count). The number of hydrogen-bond donors (Lipinski definition) is 1. The minimum atomic E-state index is -0.0336. The molecule has 0 aliphatic rings. The lowest BCUT2D eigenvalue weighted by Crippen LogP contribution is -2.11. The van der Waals surface area contributed by atoms with Crippen molar-refractivity contribution in [1.82, 2.24) is 14.8 Å². The van der Waals surface area contributed by atoms with E-state index < -0.39 is 0 Å². The average molecular weight is 327 g/mol. The van der Waals surface area contributed by atoms with Crippen molar-refractivity contribution in [3.63, 3.8) is 0 Å². The fraction of sp³-hybridized carbons (Fsp3) is 0.500. The Bertz CT molecular complexity index is 635. The van der Waals surface area contributed by atoms with Crippen LogP contribution in [-0.4, -0.2) is 27.1 Å². The molecule has 0 saturated carbocycles. The topological polar surface area (TPSA) is 73.8 Å². The molecule has 2 heterocycles. The Balaban J connectivity index is 2.20. The Labute approximate surface area is 133 Å². The maximum absolute atomic E-state index is 12.4. The number of carbonyl (C=O) groups is 1. The summed E-state index contributed by atoms with van der Waals surface area (Å²) in [5.74, 6) is -0.0336. The largest absolute Gasteiger partial charge is 0.330 e. The van der Waals surface area contributed by atoms with Crippen LogP contribution in [0.4, 0.5) is 0 Å². The summed E-state index contributed by atoms with van der Waals surface area (Å²) in [6.45, 7) is 5.21. The maximum Gasteiger partial charge on any atom is 0.188 e. The summed E-state index contributed by atoms with van der Waals surface area (Å²) in [6, 6.07) is 0. The summed E-state index contributed by atoms with van der Waals surface area (Å²) in [6.07, 6.45) is 1.68. The SMILES string of the molecule is CCc1nn(CC)c(CC(=O)c2csc(CCN)n2)c1Cl. The summed E-state index contributed by atoms with van der Waals surface area (Å²) in [4.78, 5) is 16.7. The first-order chi connectivity index (χ1) is 10.1. The van der Waals surface area contributed by atoms with Gasteiger partial charge in [0.25, 0.3) is 0 Å². The van der Waals surface area contributed by atoms with Gasteiger partial charge in [-0.1, -0.05) is 18.5 Å². The first-order valence-electron chi connectivity index (χ1n) is 7.02. The molecule has 114 valence electrons. The van der Waals surface area contributed by atoms with Crippen LogP contribution >= 0.6 is 22.9 Å². The number of nitrogens with zero attached hydrogens (tertiary/aromatic N) is 3. The van der Waals surface area contributed by atoms with E-state index in [1.165, 1.54) is 11.3 Å². The minimum Gasteiger partial charge on any atom is -0.330 e. The van der Waals surface area contributed by atoms with E-state index in [1.807, 2.05) is 13.8 Å². The first kappa shape index (κ1) is 16.1. The molecule has 0 radical (unpaired) electrons. The molecule has 5 nitrogen and oxygen atoms in total. The monoisotopic (exact) mass is 326 g/mol. The van der Waals surface area contributed by atoms with Crippen molar-refractivity contribution in [3.05, 3.63) is 32.5 Å². The van der Waals surface area contributed by atoms with Crippen molar-refractivity contribution in [1.29, 1.82) is 0 Å². The first-order valence-corrected chi connectivity index (χ1v) is 8.28. The molecular formula is C14H19ClN4OS. The Morgan fingerprint density at radius 3 is 2.86 bits per heavy atom. The number of nitrogens with two attached hydrogens (primary N) is 1. The zero-order chi connectivity index (χ0) is 15.4. The lowest BCUT2D eigenvalue weighted by atomic mass is 10.1. The lowest BCUT2D eigenvalue weighted by Gasteiger charge is -2.03. The molecule has 0 atom stereocenters. The molecule has 0 aliphatic carbocycles. The average Bonchev–Trinajstić information content (AvgIpc) is 3.05. The van der Waals surface area contributed by atoms with E-state index in [-0.39, 0.29) is 12.2 Å². The van der Waals surface area contributed by atoms with Gasteiger partial charge in [-0.2, -0.15) is 5.10 Å². The maximum atomic E-state index is 12.4. The third-order valence-corrected chi connectivity index (χ3v) is 4.56. The van der Waals surface area contributed by atoms with Crippen LogP contribution in [0.5, 0.6) is 0 Å². The van der Waals surface area contributed by atoms with Crippen molar-refractivity contribution in [2.45, 2.75) is 39.7 Å².